The molecule has 0 amide bonds. The van der Waals surface area contributed by atoms with Crippen LogP contribution in [0.1, 0.15) is 84.5 Å². The normalized spacial score (nSPS) is 11.3. The smallest absolute Gasteiger partial charge is 0.305 e. The van der Waals surface area contributed by atoms with Gasteiger partial charge < -0.3 is 33.2 Å². The first-order chi connectivity index (χ1) is 17.3. The van der Waals surface area contributed by atoms with Gasteiger partial charge >= 0.3 is 5.97 Å². The average molecular weight is 507 g/mol. The summed E-state index contributed by atoms with van der Waals surface area (Å²) in [5.41, 5.74) is 0. The highest BCUT2D eigenvalue weighted by molar-refractivity contribution is 5.69. The van der Waals surface area contributed by atoms with E-state index in [0.29, 0.717) is 85.7 Å². The summed E-state index contributed by atoms with van der Waals surface area (Å²) in [5, 5.41) is 0. The molecule has 210 valence electrons. The third kappa shape index (κ3) is 31.2. The molecule has 8 nitrogen and oxygen atoms in total. The number of hydrogen-bond acceptors (Lipinski definition) is 8. The van der Waals surface area contributed by atoms with E-state index in [1.54, 1.807) is 0 Å². The van der Waals surface area contributed by atoms with E-state index in [2.05, 4.69) is 13.8 Å². The molecule has 0 radical (unpaired) electrons. The van der Waals surface area contributed by atoms with Gasteiger partial charge in [0.1, 0.15) is 6.61 Å². The Kier molecular flexibility index (Phi) is 30.6. The number of ether oxygens (including phenoxy) is 7. The van der Waals surface area contributed by atoms with Crippen molar-refractivity contribution in [2.24, 2.45) is 0 Å². The zero-order valence-electron chi connectivity index (χ0n) is 22.7. The Bertz CT molecular complexity index is 409. The fourth-order valence-electron chi connectivity index (χ4n) is 3.17. The van der Waals surface area contributed by atoms with Crippen LogP contribution >= 0.6 is 0 Å². The fraction of sp³-hybridized carbons (Fsp3) is 0.963. The third-order valence-corrected chi connectivity index (χ3v) is 5.23. The van der Waals surface area contributed by atoms with Gasteiger partial charge in [0.05, 0.1) is 72.7 Å². The van der Waals surface area contributed by atoms with Crippen molar-refractivity contribution >= 4 is 5.97 Å². The number of esters is 1. The summed E-state index contributed by atoms with van der Waals surface area (Å²) in [6.07, 6.45) is 12.4. The lowest BCUT2D eigenvalue weighted by Crippen LogP contribution is -2.15. The van der Waals surface area contributed by atoms with Gasteiger partial charge in [-0.25, -0.2) is 0 Å². The highest BCUT2D eigenvalue weighted by atomic mass is 16.6. The van der Waals surface area contributed by atoms with Crippen molar-refractivity contribution in [2.75, 3.05) is 85.9 Å². The standard InChI is InChI=1S/C27H54O8/c1-3-5-7-8-9-10-11-13-27(28)35-26-25-34-24-23-33-22-21-32-20-19-31-18-17-30-16-15-29-14-12-6-4-2/h3-26H2,1-2H3. The van der Waals surface area contributed by atoms with Crippen molar-refractivity contribution < 1.29 is 38.0 Å². The van der Waals surface area contributed by atoms with Gasteiger partial charge in [-0.15, -0.1) is 0 Å². The third-order valence-electron chi connectivity index (χ3n) is 5.23. The van der Waals surface area contributed by atoms with E-state index in [9.17, 15) is 4.79 Å². The molecule has 0 unspecified atom stereocenters. The molecule has 8 heteroatoms. The molecular weight excluding hydrogens is 452 g/mol. The van der Waals surface area contributed by atoms with E-state index in [0.717, 1.165) is 25.9 Å². The topological polar surface area (TPSA) is 81.7 Å². The lowest BCUT2D eigenvalue weighted by atomic mass is 10.1. The number of rotatable bonds is 30. The maximum atomic E-state index is 11.7. The molecule has 0 rings (SSSR count). The van der Waals surface area contributed by atoms with Crippen molar-refractivity contribution in [3.05, 3.63) is 0 Å². The second-order valence-electron chi connectivity index (χ2n) is 8.47. The van der Waals surface area contributed by atoms with Crippen LogP contribution in [0.15, 0.2) is 0 Å². The minimum absolute atomic E-state index is 0.130. The van der Waals surface area contributed by atoms with E-state index in [1.165, 1.54) is 44.9 Å². The molecule has 0 saturated carbocycles. The van der Waals surface area contributed by atoms with Crippen LogP contribution in [0.5, 0.6) is 0 Å². The van der Waals surface area contributed by atoms with Crippen molar-refractivity contribution in [1.82, 2.24) is 0 Å². The SMILES string of the molecule is CCCCCCCCCC(=O)OCCOCCOCCOCCOCCOCCOCCCCC. The van der Waals surface area contributed by atoms with Crippen LogP contribution < -0.4 is 0 Å². The van der Waals surface area contributed by atoms with Crippen LogP contribution in [0.4, 0.5) is 0 Å². The van der Waals surface area contributed by atoms with Crippen molar-refractivity contribution in [3.8, 4) is 0 Å². The molecule has 0 aliphatic rings. The van der Waals surface area contributed by atoms with Gasteiger partial charge in [0.25, 0.3) is 0 Å². The second-order valence-corrected chi connectivity index (χ2v) is 8.47. The Balaban J connectivity index is 3.10. The van der Waals surface area contributed by atoms with E-state index >= 15 is 0 Å². The summed E-state index contributed by atoms with van der Waals surface area (Å²) in [7, 11) is 0. The predicted molar refractivity (Wildman–Crippen MR) is 138 cm³/mol. The van der Waals surface area contributed by atoms with Gasteiger partial charge in [-0.3, -0.25) is 4.79 Å². The molecule has 0 bridgehead atoms. The van der Waals surface area contributed by atoms with Gasteiger partial charge in [0.15, 0.2) is 0 Å². The minimum atomic E-state index is -0.130. The second kappa shape index (κ2) is 31.3. The summed E-state index contributed by atoms with van der Waals surface area (Å²) < 4.78 is 37.9. The number of hydrogen-bond donors (Lipinski definition) is 0. The van der Waals surface area contributed by atoms with Crippen LogP contribution in [-0.2, 0) is 38.0 Å². The van der Waals surface area contributed by atoms with E-state index in [-0.39, 0.29) is 5.97 Å². The Morgan fingerprint density at radius 1 is 0.400 bits per heavy atom. The van der Waals surface area contributed by atoms with Gasteiger partial charge in [-0.1, -0.05) is 65.2 Å². The maximum Gasteiger partial charge on any atom is 0.305 e. The van der Waals surface area contributed by atoms with Crippen molar-refractivity contribution in [2.45, 2.75) is 84.5 Å². The molecule has 0 saturated heterocycles. The number of carbonyl (C=O) groups excluding carboxylic acids is 1. The van der Waals surface area contributed by atoms with Crippen molar-refractivity contribution in [1.29, 1.82) is 0 Å². The van der Waals surface area contributed by atoms with Gasteiger partial charge in [-0.05, 0) is 12.8 Å². The first-order valence-electron chi connectivity index (χ1n) is 13.9. The molecule has 0 aliphatic heterocycles. The molecule has 0 aromatic rings. The Hall–Kier alpha value is -0.770. The molecule has 0 atom stereocenters. The number of unbranched alkanes of at least 4 members (excludes halogenated alkanes) is 8. The average Bonchev–Trinajstić information content (AvgIpc) is 2.86. The molecule has 0 spiro atoms. The number of carbonyl (C=O) groups is 1. The van der Waals surface area contributed by atoms with Crippen LogP contribution in [-0.4, -0.2) is 91.9 Å². The predicted octanol–water partition coefficient (Wildman–Crippen LogP) is 4.96. The lowest BCUT2D eigenvalue weighted by molar-refractivity contribution is -0.145. The van der Waals surface area contributed by atoms with Crippen molar-refractivity contribution in [3.63, 3.8) is 0 Å². The summed E-state index contributed by atoms with van der Waals surface area (Å²) in [6, 6.07) is 0. The largest absolute Gasteiger partial charge is 0.463 e. The molecule has 0 heterocycles. The van der Waals surface area contributed by atoms with Gasteiger partial charge in [0, 0.05) is 13.0 Å². The molecule has 0 fully saturated rings. The molecule has 0 N–H and O–H groups in total. The Morgan fingerprint density at radius 3 is 1.20 bits per heavy atom. The van der Waals surface area contributed by atoms with E-state index in [4.69, 9.17) is 33.2 Å². The first kappa shape index (κ1) is 34.2. The molecule has 35 heavy (non-hydrogen) atoms. The molecular formula is C27H54O8. The van der Waals surface area contributed by atoms with E-state index < -0.39 is 0 Å². The Morgan fingerprint density at radius 2 is 0.743 bits per heavy atom. The molecule has 0 aliphatic carbocycles. The quantitative estimate of drug-likeness (QED) is 0.0999. The highest BCUT2D eigenvalue weighted by Gasteiger charge is 2.02. The zero-order valence-corrected chi connectivity index (χ0v) is 22.7. The summed E-state index contributed by atoms with van der Waals surface area (Å²) >= 11 is 0. The van der Waals surface area contributed by atoms with Crippen LogP contribution in [0.2, 0.25) is 0 Å². The fourth-order valence-corrected chi connectivity index (χ4v) is 3.17. The summed E-state index contributed by atoms with van der Waals surface area (Å²) in [6.45, 7) is 11.4. The zero-order chi connectivity index (χ0) is 25.5. The van der Waals surface area contributed by atoms with Crippen LogP contribution in [0.25, 0.3) is 0 Å². The minimum Gasteiger partial charge on any atom is -0.463 e. The van der Waals surface area contributed by atoms with Gasteiger partial charge in [-0.2, -0.15) is 0 Å². The maximum absolute atomic E-state index is 11.7. The molecule has 0 aromatic carbocycles. The van der Waals surface area contributed by atoms with Crippen LogP contribution in [0, 0.1) is 0 Å². The van der Waals surface area contributed by atoms with Gasteiger partial charge in [0.2, 0.25) is 0 Å². The summed E-state index contributed by atoms with van der Waals surface area (Å²) in [5.74, 6) is -0.130. The van der Waals surface area contributed by atoms with E-state index in [1.807, 2.05) is 0 Å². The van der Waals surface area contributed by atoms with Crippen LogP contribution in [0.3, 0.4) is 0 Å². The Labute approximate surface area is 214 Å². The lowest BCUT2D eigenvalue weighted by Gasteiger charge is -2.08. The first-order valence-corrected chi connectivity index (χ1v) is 13.9. The molecule has 0 aromatic heterocycles. The highest BCUT2D eigenvalue weighted by Crippen LogP contribution is 2.08. The monoisotopic (exact) mass is 506 g/mol. The summed E-state index contributed by atoms with van der Waals surface area (Å²) in [4.78, 5) is 11.7.